The predicted molar refractivity (Wildman–Crippen MR) is 163 cm³/mol. The van der Waals surface area contributed by atoms with E-state index >= 15 is 0 Å². The summed E-state index contributed by atoms with van der Waals surface area (Å²) in [5, 5.41) is 11.2. The molecule has 1 saturated heterocycles. The first-order valence-corrected chi connectivity index (χ1v) is 15.9. The van der Waals surface area contributed by atoms with E-state index in [2.05, 4.69) is 25.9 Å². The van der Waals surface area contributed by atoms with Crippen molar-refractivity contribution in [2.24, 2.45) is 0 Å². The van der Waals surface area contributed by atoms with Gasteiger partial charge in [-0.3, -0.25) is 0 Å². The zero-order valence-electron chi connectivity index (χ0n) is 24.0. The highest BCUT2D eigenvalue weighted by Gasteiger charge is 2.21. The van der Waals surface area contributed by atoms with Gasteiger partial charge >= 0.3 is 0 Å². The highest BCUT2D eigenvalue weighted by molar-refractivity contribution is 7.89. The number of aromatic nitrogens is 2. The van der Waals surface area contributed by atoms with Gasteiger partial charge in [-0.05, 0) is 75.8 Å². The summed E-state index contributed by atoms with van der Waals surface area (Å²) in [6.45, 7) is 8.91. The molecule has 0 spiro atoms. The molecule has 0 aliphatic carbocycles. The van der Waals surface area contributed by atoms with Crippen molar-refractivity contribution in [2.75, 3.05) is 37.7 Å². The molecular formula is C32H38N4O4S. The first kappa shape index (κ1) is 28.8. The van der Waals surface area contributed by atoms with E-state index in [0.29, 0.717) is 42.4 Å². The summed E-state index contributed by atoms with van der Waals surface area (Å²) < 4.78 is 41.1. The van der Waals surface area contributed by atoms with Crippen LogP contribution < -0.4 is 19.1 Å². The minimum absolute atomic E-state index is 0.239. The van der Waals surface area contributed by atoms with Crippen LogP contribution in [0.4, 0.5) is 5.82 Å². The Kier molecular flexibility index (Phi) is 9.05. The molecule has 1 N–H and O–H groups in total. The molecule has 4 aromatic rings. The molecule has 8 nitrogen and oxygen atoms in total. The Balaban J connectivity index is 1.38. The number of fused-ring (bicyclic) bond motifs is 1. The SMILES string of the molecule is CCOc1ccc(CCNS(=O)(=O)c2cc(-c3nnc(N4CCCCC4)c4ccccc34)ccc2C)cc1OCC. The highest BCUT2D eigenvalue weighted by Crippen LogP contribution is 2.34. The van der Waals surface area contributed by atoms with Crippen LogP contribution in [0, 0.1) is 6.92 Å². The molecule has 5 rings (SSSR count). The zero-order valence-corrected chi connectivity index (χ0v) is 24.8. The maximum absolute atomic E-state index is 13.5. The van der Waals surface area contributed by atoms with Gasteiger partial charge in [0.25, 0.3) is 0 Å². The van der Waals surface area contributed by atoms with E-state index < -0.39 is 10.0 Å². The second kappa shape index (κ2) is 12.9. The molecule has 0 atom stereocenters. The minimum atomic E-state index is -3.77. The summed E-state index contributed by atoms with van der Waals surface area (Å²) in [4.78, 5) is 2.54. The average molecular weight is 575 g/mol. The fourth-order valence-corrected chi connectivity index (χ4v) is 6.64. The van der Waals surface area contributed by atoms with Gasteiger partial charge in [-0.2, -0.15) is 0 Å². The van der Waals surface area contributed by atoms with E-state index in [1.54, 1.807) is 6.07 Å². The Morgan fingerprint density at radius 1 is 0.854 bits per heavy atom. The number of benzene rings is 3. The third kappa shape index (κ3) is 6.47. The van der Waals surface area contributed by atoms with Crippen molar-refractivity contribution in [3.63, 3.8) is 0 Å². The van der Waals surface area contributed by atoms with Gasteiger partial charge in [-0.1, -0.05) is 42.5 Å². The molecule has 1 aliphatic heterocycles. The number of nitrogens with one attached hydrogen (secondary N) is 1. The molecule has 0 amide bonds. The van der Waals surface area contributed by atoms with Gasteiger partial charge in [0.05, 0.1) is 18.1 Å². The van der Waals surface area contributed by atoms with E-state index in [4.69, 9.17) is 9.47 Å². The van der Waals surface area contributed by atoms with Gasteiger partial charge in [0.1, 0.15) is 5.69 Å². The summed E-state index contributed by atoms with van der Waals surface area (Å²) in [5.41, 5.74) is 3.03. The van der Waals surface area contributed by atoms with Crippen LogP contribution in [0.1, 0.15) is 44.2 Å². The summed E-state index contributed by atoms with van der Waals surface area (Å²) in [7, 11) is -3.77. The highest BCUT2D eigenvalue weighted by atomic mass is 32.2. The number of sulfonamides is 1. The lowest BCUT2D eigenvalue weighted by atomic mass is 10.0. The number of ether oxygens (including phenoxy) is 2. The Morgan fingerprint density at radius 2 is 1.59 bits per heavy atom. The number of anilines is 1. The maximum atomic E-state index is 13.5. The minimum Gasteiger partial charge on any atom is -0.490 e. The molecule has 41 heavy (non-hydrogen) atoms. The monoisotopic (exact) mass is 574 g/mol. The van der Waals surface area contributed by atoms with Crippen LogP contribution in [0.15, 0.2) is 65.6 Å². The van der Waals surface area contributed by atoms with Crippen LogP contribution in [0.2, 0.25) is 0 Å². The van der Waals surface area contributed by atoms with Crippen LogP contribution in [0.25, 0.3) is 22.0 Å². The number of hydrogen-bond donors (Lipinski definition) is 1. The van der Waals surface area contributed by atoms with Crippen molar-refractivity contribution in [1.29, 1.82) is 0 Å². The molecule has 0 radical (unpaired) electrons. The van der Waals surface area contributed by atoms with Crippen molar-refractivity contribution in [3.05, 3.63) is 71.8 Å². The molecular weight excluding hydrogens is 536 g/mol. The van der Waals surface area contributed by atoms with Crippen molar-refractivity contribution in [3.8, 4) is 22.8 Å². The van der Waals surface area contributed by atoms with Crippen molar-refractivity contribution in [2.45, 2.75) is 51.3 Å². The van der Waals surface area contributed by atoms with Crippen LogP contribution >= 0.6 is 0 Å². The van der Waals surface area contributed by atoms with E-state index in [1.807, 2.05) is 69.3 Å². The smallest absolute Gasteiger partial charge is 0.240 e. The van der Waals surface area contributed by atoms with Crippen molar-refractivity contribution < 1.29 is 17.9 Å². The predicted octanol–water partition coefficient (Wildman–Crippen LogP) is 5.91. The van der Waals surface area contributed by atoms with Gasteiger partial charge in [0.15, 0.2) is 17.3 Å². The third-order valence-corrected chi connectivity index (χ3v) is 8.99. The quantitative estimate of drug-likeness (QED) is 0.238. The average Bonchev–Trinajstić information content (AvgIpc) is 2.99. The van der Waals surface area contributed by atoms with E-state index in [-0.39, 0.29) is 11.4 Å². The first-order chi connectivity index (χ1) is 19.9. The summed E-state index contributed by atoms with van der Waals surface area (Å²) in [6.07, 6.45) is 4.05. The molecule has 9 heteroatoms. The fraction of sp³-hybridized carbons (Fsp3) is 0.375. The van der Waals surface area contributed by atoms with Gasteiger partial charge in [-0.25, -0.2) is 13.1 Å². The Bertz CT molecular complexity index is 1620. The second-order valence-electron chi connectivity index (χ2n) is 10.2. The Hall–Kier alpha value is -3.69. The second-order valence-corrected chi connectivity index (χ2v) is 12.0. The number of rotatable bonds is 11. The van der Waals surface area contributed by atoms with Crippen LogP contribution in [0.5, 0.6) is 11.5 Å². The topological polar surface area (TPSA) is 93.6 Å². The number of aryl methyl sites for hydroxylation is 1. The largest absolute Gasteiger partial charge is 0.490 e. The molecule has 1 fully saturated rings. The maximum Gasteiger partial charge on any atom is 0.240 e. The van der Waals surface area contributed by atoms with E-state index in [9.17, 15) is 8.42 Å². The van der Waals surface area contributed by atoms with Gasteiger partial charge in [0.2, 0.25) is 10.0 Å². The lowest BCUT2D eigenvalue weighted by Gasteiger charge is -2.28. The Labute approximate surface area is 242 Å². The van der Waals surface area contributed by atoms with Gasteiger partial charge in [0, 0.05) is 36.0 Å². The normalized spacial score (nSPS) is 13.9. The van der Waals surface area contributed by atoms with Crippen LogP contribution in [0.3, 0.4) is 0 Å². The van der Waals surface area contributed by atoms with E-state index in [0.717, 1.165) is 53.6 Å². The van der Waals surface area contributed by atoms with Gasteiger partial charge in [-0.15, -0.1) is 10.2 Å². The molecule has 1 aliphatic rings. The lowest BCUT2D eigenvalue weighted by molar-refractivity contribution is 0.287. The van der Waals surface area contributed by atoms with Crippen molar-refractivity contribution >= 4 is 26.6 Å². The molecule has 1 aromatic heterocycles. The summed E-state index contributed by atoms with van der Waals surface area (Å²) in [6, 6.07) is 19.3. The molecule has 0 bridgehead atoms. The summed E-state index contributed by atoms with van der Waals surface area (Å²) in [5.74, 6) is 2.25. The Morgan fingerprint density at radius 3 is 2.34 bits per heavy atom. The molecule has 2 heterocycles. The number of piperidine rings is 1. The first-order valence-electron chi connectivity index (χ1n) is 14.4. The van der Waals surface area contributed by atoms with Crippen LogP contribution in [-0.2, 0) is 16.4 Å². The van der Waals surface area contributed by atoms with Gasteiger partial charge < -0.3 is 14.4 Å². The van der Waals surface area contributed by atoms with Crippen LogP contribution in [-0.4, -0.2) is 51.5 Å². The molecule has 0 saturated carbocycles. The molecule has 3 aromatic carbocycles. The lowest BCUT2D eigenvalue weighted by Crippen LogP contribution is -2.30. The molecule has 216 valence electrons. The number of nitrogens with zero attached hydrogens (tertiary/aromatic N) is 3. The fourth-order valence-electron chi connectivity index (χ4n) is 5.34. The molecule has 0 unspecified atom stereocenters. The standard InChI is InChI=1S/C32H38N4O4S/c1-4-39-28-16-14-24(21-29(28)40-5-2)17-18-33-41(37,38)30-22-25(15-13-23(30)3)31-26-11-7-8-12-27(26)32(35-34-31)36-19-9-6-10-20-36/h7-8,11-16,21-22,33H,4-6,9-10,17-20H2,1-3H3. The van der Waals surface area contributed by atoms with Crippen molar-refractivity contribution in [1.82, 2.24) is 14.9 Å². The van der Waals surface area contributed by atoms with E-state index in [1.165, 1.54) is 6.42 Å². The number of hydrogen-bond acceptors (Lipinski definition) is 7. The summed E-state index contributed by atoms with van der Waals surface area (Å²) >= 11 is 0. The third-order valence-electron chi connectivity index (χ3n) is 7.39. The zero-order chi connectivity index (χ0) is 28.8.